The second-order valence-corrected chi connectivity index (χ2v) is 10.6. The number of imide groups is 1. The zero-order valence-corrected chi connectivity index (χ0v) is 23.9. The maximum atomic E-state index is 13.0. The van der Waals surface area contributed by atoms with E-state index in [0.29, 0.717) is 60.1 Å². The topological polar surface area (TPSA) is 114 Å². The molecule has 4 amide bonds. The molecule has 2 fully saturated rings. The van der Waals surface area contributed by atoms with Crippen LogP contribution in [0, 0.1) is 6.92 Å². The van der Waals surface area contributed by atoms with Crippen molar-refractivity contribution < 1.29 is 33.4 Å². The van der Waals surface area contributed by atoms with Crippen LogP contribution >= 0.6 is 27.7 Å². The molecule has 0 bridgehead atoms. The molecule has 4 rings (SSSR count). The van der Waals surface area contributed by atoms with E-state index in [-0.39, 0.29) is 29.9 Å². The highest BCUT2D eigenvalue weighted by atomic mass is 79.9. The molecule has 0 spiro atoms. The minimum Gasteiger partial charge on any atom is -0.490 e. The smallest absolute Gasteiger partial charge is 0.294 e. The van der Waals surface area contributed by atoms with E-state index in [1.54, 1.807) is 23.1 Å². The molecule has 2 aliphatic heterocycles. The fourth-order valence-corrected chi connectivity index (χ4v) is 5.29. The van der Waals surface area contributed by atoms with Gasteiger partial charge in [0.15, 0.2) is 18.1 Å². The Kier molecular flexibility index (Phi) is 9.65. The number of hydrogen-bond acceptors (Lipinski definition) is 8. The van der Waals surface area contributed by atoms with E-state index in [1.807, 2.05) is 38.1 Å². The summed E-state index contributed by atoms with van der Waals surface area (Å²) >= 11 is 4.24. The molecule has 1 N–H and O–H groups in total. The largest absolute Gasteiger partial charge is 0.490 e. The quantitative estimate of drug-likeness (QED) is 0.419. The summed E-state index contributed by atoms with van der Waals surface area (Å²) in [6.45, 7) is 5.28. The van der Waals surface area contributed by atoms with Crippen LogP contribution in [0.25, 0.3) is 6.08 Å². The number of anilines is 1. The first-order valence-corrected chi connectivity index (χ1v) is 13.9. The minimum atomic E-state index is -0.534. The predicted molar refractivity (Wildman–Crippen MR) is 151 cm³/mol. The highest BCUT2D eigenvalue weighted by Gasteiger charge is 2.37. The first-order valence-electron chi connectivity index (χ1n) is 12.3. The number of carbonyl (C=O) groups excluding carboxylic acids is 4. The van der Waals surface area contributed by atoms with Gasteiger partial charge in [0, 0.05) is 18.8 Å². The van der Waals surface area contributed by atoms with Gasteiger partial charge in [-0.2, -0.15) is 0 Å². The Morgan fingerprint density at radius 1 is 1.13 bits per heavy atom. The van der Waals surface area contributed by atoms with E-state index in [2.05, 4.69) is 21.2 Å². The molecule has 0 radical (unpaired) electrons. The van der Waals surface area contributed by atoms with Crippen molar-refractivity contribution in [3.05, 3.63) is 56.9 Å². The number of amides is 4. The van der Waals surface area contributed by atoms with Crippen molar-refractivity contribution >= 4 is 62.4 Å². The first kappa shape index (κ1) is 28.7. The molecule has 0 unspecified atom stereocenters. The van der Waals surface area contributed by atoms with E-state index < -0.39 is 11.1 Å². The average Bonchev–Trinajstić information content (AvgIpc) is 3.17. The Balaban J connectivity index is 1.45. The summed E-state index contributed by atoms with van der Waals surface area (Å²) in [6, 6.07) is 10.8. The second kappa shape index (κ2) is 13.1. The molecule has 0 aliphatic carbocycles. The number of rotatable bonds is 9. The van der Waals surface area contributed by atoms with Crippen molar-refractivity contribution in [1.82, 2.24) is 9.80 Å². The van der Waals surface area contributed by atoms with Crippen molar-refractivity contribution in [2.24, 2.45) is 0 Å². The Labute approximate surface area is 238 Å². The molecular weight excluding hydrogens is 590 g/mol. The Bertz CT molecular complexity index is 1290. The van der Waals surface area contributed by atoms with Gasteiger partial charge in [-0.15, -0.1) is 0 Å². The maximum absolute atomic E-state index is 13.0. The van der Waals surface area contributed by atoms with Gasteiger partial charge in [-0.25, -0.2) is 0 Å². The number of nitrogens with zero attached hydrogens (tertiary/aromatic N) is 2. The third-order valence-electron chi connectivity index (χ3n) is 5.84. The van der Waals surface area contributed by atoms with Crippen LogP contribution < -0.4 is 14.8 Å². The summed E-state index contributed by atoms with van der Waals surface area (Å²) in [5.74, 6) is -0.470. The van der Waals surface area contributed by atoms with Crippen LogP contribution in [-0.2, 0) is 19.1 Å². The highest BCUT2D eigenvalue weighted by Crippen LogP contribution is 2.39. The molecule has 39 heavy (non-hydrogen) atoms. The number of ether oxygens (including phenoxy) is 3. The number of morpholine rings is 1. The lowest BCUT2D eigenvalue weighted by atomic mass is 10.2. The summed E-state index contributed by atoms with van der Waals surface area (Å²) in [5.41, 5.74) is 2.32. The van der Waals surface area contributed by atoms with Crippen molar-refractivity contribution in [3.8, 4) is 11.5 Å². The van der Waals surface area contributed by atoms with Gasteiger partial charge < -0.3 is 24.4 Å². The van der Waals surface area contributed by atoms with Gasteiger partial charge >= 0.3 is 0 Å². The van der Waals surface area contributed by atoms with Gasteiger partial charge in [-0.3, -0.25) is 24.1 Å². The average molecular weight is 619 g/mol. The molecule has 0 aromatic heterocycles. The third-order valence-corrected chi connectivity index (χ3v) is 7.34. The lowest BCUT2D eigenvalue weighted by molar-refractivity contribution is -0.139. The zero-order chi connectivity index (χ0) is 27.9. The van der Waals surface area contributed by atoms with Crippen LogP contribution in [0.2, 0.25) is 0 Å². The number of benzene rings is 2. The summed E-state index contributed by atoms with van der Waals surface area (Å²) in [7, 11) is 0. The first-order chi connectivity index (χ1) is 18.7. The SMILES string of the molecule is CCOc1cc(/C=C2/SC(=O)N(CC(=O)N3CCOCC3)C2=O)cc(Br)c1OCC(=O)Nc1ccc(C)cc1. The predicted octanol–water partition coefficient (Wildman–Crippen LogP) is 4.07. The molecule has 206 valence electrons. The zero-order valence-electron chi connectivity index (χ0n) is 21.5. The molecule has 2 heterocycles. The van der Waals surface area contributed by atoms with Gasteiger partial charge in [0.05, 0.1) is 29.2 Å². The molecule has 12 heteroatoms. The summed E-state index contributed by atoms with van der Waals surface area (Å²) < 4.78 is 17.3. The Morgan fingerprint density at radius 2 is 1.85 bits per heavy atom. The van der Waals surface area contributed by atoms with Crippen LogP contribution in [0.5, 0.6) is 11.5 Å². The fraction of sp³-hybridized carbons (Fsp3) is 0.333. The van der Waals surface area contributed by atoms with E-state index in [0.717, 1.165) is 22.2 Å². The number of thioether (sulfide) groups is 1. The van der Waals surface area contributed by atoms with E-state index in [9.17, 15) is 19.2 Å². The van der Waals surface area contributed by atoms with Gasteiger partial charge in [0.2, 0.25) is 5.91 Å². The number of hydrogen-bond donors (Lipinski definition) is 1. The molecule has 0 atom stereocenters. The van der Waals surface area contributed by atoms with Crippen molar-refractivity contribution in [3.63, 3.8) is 0 Å². The van der Waals surface area contributed by atoms with E-state index >= 15 is 0 Å². The van der Waals surface area contributed by atoms with Crippen LogP contribution in [-0.4, -0.2) is 78.8 Å². The molecule has 2 aromatic rings. The minimum absolute atomic E-state index is 0.190. The summed E-state index contributed by atoms with van der Waals surface area (Å²) in [6.07, 6.45) is 1.56. The van der Waals surface area contributed by atoms with Gasteiger partial charge in [-0.05, 0) is 77.4 Å². The molecule has 2 aromatic carbocycles. The Hall–Kier alpha value is -3.35. The van der Waals surface area contributed by atoms with Crippen LogP contribution in [0.15, 0.2) is 45.8 Å². The molecule has 2 aliphatic rings. The molecule has 0 saturated carbocycles. The van der Waals surface area contributed by atoms with Crippen molar-refractivity contribution in [1.29, 1.82) is 0 Å². The summed E-state index contributed by atoms with van der Waals surface area (Å²) in [4.78, 5) is 53.2. The fourth-order valence-electron chi connectivity index (χ4n) is 3.88. The lowest BCUT2D eigenvalue weighted by Gasteiger charge is -2.28. The third kappa shape index (κ3) is 7.40. The standard InChI is InChI=1S/C27H28BrN3O7S/c1-3-37-21-13-18(12-20(28)25(21)38-16-23(32)29-19-6-4-17(2)5-7-19)14-22-26(34)31(27(35)39-22)15-24(33)30-8-10-36-11-9-30/h4-7,12-14H,3,8-11,15-16H2,1-2H3,(H,29,32)/b22-14+. The molecule has 2 saturated heterocycles. The van der Waals surface area contributed by atoms with Crippen molar-refractivity contribution in [2.75, 3.05) is 51.4 Å². The number of halogens is 1. The maximum Gasteiger partial charge on any atom is 0.294 e. The molecular formula is C27H28BrN3O7S. The van der Waals surface area contributed by atoms with Gasteiger partial charge in [0.1, 0.15) is 6.54 Å². The lowest BCUT2D eigenvalue weighted by Crippen LogP contribution is -2.46. The molecule has 10 nitrogen and oxygen atoms in total. The Morgan fingerprint density at radius 3 is 2.54 bits per heavy atom. The highest BCUT2D eigenvalue weighted by molar-refractivity contribution is 9.10. The number of carbonyl (C=O) groups is 4. The summed E-state index contributed by atoms with van der Waals surface area (Å²) in [5, 5.41) is 2.27. The normalized spacial score (nSPS) is 16.5. The van der Waals surface area contributed by atoms with Gasteiger partial charge in [0.25, 0.3) is 17.1 Å². The van der Waals surface area contributed by atoms with Crippen LogP contribution in [0.4, 0.5) is 10.5 Å². The van der Waals surface area contributed by atoms with Crippen LogP contribution in [0.1, 0.15) is 18.1 Å². The van der Waals surface area contributed by atoms with Crippen LogP contribution in [0.3, 0.4) is 0 Å². The van der Waals surface area contributed by atoms with Gasteiger partial charge in [-0.1, -0.05) is 17.7 Å². The van der Waals surface area contributed by atoms with E-state index in [1.165, 1.54) is 0 Å². The monoisotopic (exact) mass is 617 g/mol. The number of nitrogens with one attached hydrogen (secondary N) is 1. The van der Waals surface area contributed by atoms with E-state index in [4.69, 9.17) is 14.2 Å². The van der Waals surface area contributed by atoms with Crippen molar-refractivity contribution in [2.45, 2.75) is 13.8 Å². The second-order valence-electron chi connectivity index (χ2n) is 8.73. The number of aryl methyl sites for hydroxylation is 1.